The third-order valence-electron chi connectivity index (χ3n) is 2.97. The molecule has 1 aromatic rings. The van der Waals surface area contributed by atoms with E-state index in [1.54, 1.807) is 6.07 Å². The first-order chi connectivity index (χ1) is 9.49. The molecule has 7 heteroatoms. The van der Waals surface area contributed by atoms with Gasteiger partial charge in [0.25, 0.3) is 0 Å². The van der Waals surface area contributed by atoms with Gasteiger partial charge in [0.05, 0.1) is 5.02 Å². The Morgan fingerprint density at radius 3 is 2.75 bits per heavy atom. The molecule has 1 aliphatic carbocycles. The maximum absolute atomic E-state index is 13.5. The number of hydrogen-bond donors (Lipinski definition) is 3. The topological polar surface area (TPSA) is 103 Å². The normalized spacial score (nSPS) is 13.9. The maximum Gasteiger partial charge on any atom is 0.218 e. The summed E-state index contributed by atoms with van der Waals surface area (Å²) in [6, 6.07) is 3.13. The average Bonchev–Trinajstić information content (AvgIpc) is 2.77. The molecule has 5 nitrogen and oxygen atoms in total. The van der Waals surface area contributed by atoms with Crippen LogP contribution >= 0.6 is 11.6 Å². The van der Waals surface area contributed by atoms with E-state index in [-0.39, 0.29) is 16.9 Å². The smallest absolute Gasteiger partial charge is 0.218 e. The van der Waals surface area contributed by atoms with Crippen molar-refractivity contribution in [3.05, 3.63) is 40.2 Å². The Kier molecular flexibility index (Phi) is 4.24. The number of hydrogen-bond acceptors (Lipinski definition) is 1. The van der Waals surface area contributed by atoms with E-state index in [1.807, 2.05) is 6.08 Å². The summed E-state index contributed by atoms with van der Waals surface area (Å²) in [5.74, 6) is -0.530. The molecule has 0 heterocycles. The van der Waals surface area contributed by atoms with E-state index >= 15 is 0 Å². The van der Waals surface area contributed by atoms with Crippen molar-refractivity contribution in [1.82, 2.24) is 0 Å². The highest BCUT2D eigenvalue weighted by molar-refractivity contribution is 6.32. The third kappa shape index (κ3) is 3.08. The van der Waals surface area contributed by atoms with Crippen LogP contribution < -0.4 is 17.2 Å². The van der Waals surface area contributed by atoms with Crippen molar-refractivity contribution in [2.45, 2.75) is 12.8 Å². The fourth-order valence-corrected chi connectivity index (χ4v) is 2.43. The monoisotopic (exact) mass is 295 g/mol. The van der Waals surface area contributed by atoms with Crippen molar-refractivity contribution in [1.29, 1.82) is 0 Å². The number of aliphatic imine (C=N–C) groups is 2. The van der Waals surface area contributed by atoms with E-state index in [9.17, 15) is 4.39 Å². The molecule has 6 N–H and O–H groups in total. The van der Waals surface area contributed by atoms with Gasteiger partial charge < -0.3 is 17.2 Å². The summed E-state index contributed by atoms with van der Waals surface area (Å²) in [5, 5.41) is 0.160. The van der Waals surface area contributed by atoms with Gasteiger partial charge in [0.15, 0.2) is 5.96 Å². The van der Waals surface area contributed by atoms with Gasteiger partial charge in [-0.2, -0.15) is 4.99 Å². The van der Waals surface area contributed by atoms with Crippen LogP contribution in [0.4, 0.5) is 4.39 Å². The van der Waals surface area contributed by atoms with Crippen molar-refractivity contribution in [2.24, 2.45) is 27.2 Å². The Morgan fingerprint density at radius 1 is 1.30 bits per heavy atom. The van der Waals surface area contributed by atoms with Crippen molar-refractivity contribution in [2.75, 3.05) is 6.54 Å². The van der Waals surface area contributed by atoms with Gasteiger partial charge in [-0.1, -0.05) is 23.7 Å². The lowest BCUT2D eigenvalue weighted by Crippen LogP contribution is -2.26. The standard InChI is InChI=1S/C13H15ClFN5/c14-11-9(15)4-3-7-1-2-8(10(7)11)5-6-19-13(18)20-12(16)17/h2-4H,1,5-6H2,(H6,16,17,18,19,20). The molecule has 0 aliphatic heterocycles. The highest BCUT2D eigenvalue weighted by atomic mass is 35.5. The largest absolute Gasteiger partial charge is 0.370 e. The first-order valence-corrected chi connectivity index (χ1v) is 6.42. The molecule has 0 aromatic heterocycles. The predicted molar refractivity (Wildman–Crippen MR) is 80.0 cm³/mol. The number of rotatable bonds is 3. The lowest BCUT2D eigenvalue weighted by Gasteiger charge is -2.08. The Bertz CT molecular complexity index is 617. The second kappa shape index (κ2) is 5.92. The summed E-state index contributed by atoms with van der Waals surface area (Å²) in [6.07, 6.45) is 3.36. The molecule has 0 fully saturated rings. The van der Waals surface area contributed by atoms with E-state index < -0.39 is 5.82 Å². The third-order valence-corrected chi connectivity index (χ3v) is 3.34. The summed E-state index contributed by atoms with van der Waals surface area (Å²) in [4.78, 5) is 7.63. The number of halogens is 2. The van der Waals surface area contributed by atoms with Gasteiger partial charge in [-0.3, -0.25) is 4.99 Å². The SMILES string of the molecule is NC(N)=NC(N)=NCCC1=CCc2ccc(F)c(Cl)c21. The summed E-state index contributed by atoms with van der Waals surface area (Å²) < 4.78 is 13.5. The van der Waals surface area contributed by atoms with Gasteiger partial charge in [0, 0.05) is 12.1 Å². The maximum atomic E-state index is 13.5. The molecule has 0 saturated heterocycles. The first kappa shape index (κ1) is 14.3. The van der Waals surface area contributed by atoms with E-state index in [2.05, 4.69) is 9.98 Å². The Labute approximate surface area is 121 Å². The van der Waals surface area contributed by atoms with E-state index in [0.717, 1.165) is 23.1 Å². The van der Waals surface area contributed by atoms with Crippen molar-refractivity contribution >= 4 is 29.1 Å². The quantitative estimate of drug-likeness (QED) is 0.580. The van der Waals surface area contributed by atoms with Gasteiger partial charge in [0.1, 0.15) is 5.82 Å². The van der Waals surface area contributed by atoms with Crippen LogP contribution in [0.5, 0.6) is 0 Å². The average molecular weight is 296 g/mol. The van der Waals surface area contributed by atoms with Crippen molar-refractivity contribution in [3.8, 4) is 0 Å². The number of allylic oxidation sites excluding steroid dienone is 1. The molecule has 0 spiro atoms. The van der Waals surface area contributed by atoms with Crippen molar-refractivity contribution in [3.63, 3.8) is 0 Å². The van der Waals surface area contributed by atoms with E-state index in [0.29, 0.717) is 13.0 Å². The Balaban J connectivity index is 2.09. The molecule has 1 aromatic carbocycles. The van der Waals surface area contributed by atoms with Gasteiger partial charge in [0.2, 0.25) is 5.96 Å². The van der Waals surface area contributed by atoms with E-state index in [1.165, 1.54) is 6.07 Å². The second-order valence-corrected chi connectivity index (χ2v) is 4.73. The van der Waals surface area contributed by atoms with Crippen LogP contribution in [0.1, 0.15) is 17.5 Å². The fraction of sp³-hybridized carbons (Fsp3) is 0.231. The molecule has 0 bridgehead atoms. The zero-order valence-corrected chi connectivity index (χ0v) is 11.5. The molecule has 0 radical (unpaired) electrons. The number of nitrogens with two attached hydrogens (primary N) is 3. The molecule has 0 saturated carbocycles. The minimum absolute atomic E-state index is 0.0224. The van der Waals surface area contributed by atoms with Gasteiger partial charge in [-0.15, -0.1) is 0 Å². The molecule has 0 unspecified atom stereocenters. The summed E-state index contributed by atoms with van der Waals surface area (Å²) in [6.45, 7) is 0.404. The highest BCUT2D eigenvalue weighted by Gasteiger charge is 2.19. The van der Waals surface area contributed by atoms with Gasteiger partial charge in [-0.25, -0.2) is 4.39 Å². The number of benzene rings is 1. The number of guanidine groups is 2. The van der Waals surface area contributed by atoms with Crippen LogP contribution in [0.3, 0.4) is 0 Å². The van der Waals surface area contributed by atoms with Crippen LogP contribution in [-0.4, -0.2) is 18.5 Å². The molecule has 20 heavy (non-hydrogen) atoms. The van der Waals surface area contributed by atoms with Gasteiger partial charge in [-0.05, 0) is 30.0 Å². The van der Waals surface area contributed by atoms with Gasteiger partial charge >= 0.3 is 0 Å². The number of fused-ring (bicyclic) bond motifs is 1. The summed E-state index contributed by atoms with van der Waals surface area (Å²) >= 11 is 6.01. The summed E-state index contributed by atoms with van der Waals surface area (Å²) in [7, 11) is 0. The van der Waals surface area contributed by atoms with Crippen LogP contribution in [0, 0.1) is 5.82 Å². The van der Waals surface area contributed by atoms with Crippen LogP contribution in [-0.2, 0) is 6.42 Å². The minimum Gasteiger partial charge on any atom is -0.370 e. The van der Waals surface area contributed by atoms with Crippen molar-refractivity contribution < 1.29 is 4.39 Å². The molecule has 0 atom stereocenters. The molecular weight excluding hydrogens is 281 g/mol. The molecule has 1 aliphatic rings. The second-order valence-electron chi connectivity index (χ2n) is 4.36. The number of nitrogens with zero attached hydrogens (tertiary/aromatic N) is 2. The molecule has 0 amide bonds. The lowest BCUT2D eigenvalue weighted by atomic mass is 10.0. The zero-order chi connectivity index (χ0) is 14.7. The Morgan fingerprint density at radius 2 is 2.05 bits per heavy atom. The van der Waals surface area contributed by atoms with Crippen LogP contribution in [0.15, 0.2) is 28.2 Å². The Hall–Kier alpha value is -2.08. The fourth-order valence-electron chi connectivity index (χ4n) is 2.13. The molecular formula is C13H15ClFN5. The zero-order valence-electron chi connectivity index (χ0n) is 10.7. The molecule has 106 valence electrons. The highest BCUT2D eigenvalue weighted by Crippen LogP contribution is 2.36. The van der Waals surface area contributed by atoms with Crippen LogP contribution in [0.2, 0.25) is 5.02 Å². The first-order valence-electron chi connectivity index (χ1n) is 6.05. The van der Waals surface area contributed by atoms with E-state index in [4.69, 9.17) is 28.8 Å². The minimum atomic E-state index is -0.415. The lowest BCUT2D eigenvalue weighted by molar-refractivity contribution is 0.627. The predicted octanol–water partition coefficient (Wildman–Crippen LogP) is 1.40. The molecule has 2 rings (SSSR count). The summed E-state index contributed by atoms with van der Waals surface area (Å²) in [5.41, 5.74) is 18.6. The van der Waals surface area contributed by atoms with Crippen LogP contribution in [0.25, 0.3) is 5.57 Å².